The van der Waals surface area contributed by atoms with Crippen LogP contribution in [0.25, 0.3) is 0 Å². The van der Waals surface area contributed by atoms with E-state index in [1.165, 1.54) is 6.92 Å². The first-order valence-corrected chi connectivity index (χ1v) is 17.6. The Balaban J connectivity index is 1.96. The highest BCUT2D eigenvalue weighted by atomic mass is 16.5. The number of ketones is 2. The maximum absolute atomic E-state index is 13.6. The number of carbonyl (C=O) groups is 6. The molecule has 0 saturated heterocycles. The lowest BCUT2D eigenvalue weighted by molar-refractivity contribution is -0.149. The largest absolute Gasteiger partial charge is 0.464 e. The van der Waals surface area contributed by atoms with Crippen LogP contribution in [0.5, 0.6) is 5.75 Å². The van der Waals surface area contributed by atoms with Gasteiger partial charge in [0, 0.05) is 31.6 Å². The molecule has 0 saturated carbocycles. The molecule has 0 aliphatic heterocycles. The quantitative estimate of drug-likeness (QED) is 0.0851. The third-order valence-corrected chi connectivity index (χ3v) is 8.19. The average Bonchev–Trinajstić information content (AvgIpc) is 3.07. The van der Waals surface area contributed by atoms with Crippen LogP contribution in [-0.4, -0.2) is 60.6 Å². The Labute approximate surface area is 296 Å². The number of benzene rings is 2. The number of hydrogen-bond acceptors (Lipinski definition) is 9. The SMILES string of the molecule is CCCCCCOC(=O)C(CC(C)C)NC(=O)C(CC(=O)CNC(=O)C(C)CC(=O)C(N)Cc1ccc(OC(C)=O)cc1)Cc1ccccc1. The van der Waals surface area contributed by atoms with Gasteiger partial charge in [-0.3, -0.25) is 24.0 Å². The molecule has 2 amide bonds. The van der Waals surface area contributed by atoms with Gasteiger partial charge in [-0.25, -0.2) is 4.79 Å². The first kappa shape index (κ1) is 41.8. The molecule has 50 heavy (non-hydrogen) atoms. The lowest BCUT2D eigenvalue weighted by atomic mass is 9.92. The van der Waals surface area contributed by atoms with Gasteiger partial charge in [0.25, 0.3) is 0 Å². The van der Waals surface area contributed by atoms with Crippen molar-refractivity contribution >= 4 is 35.3 Å². The van der Waals surface area contributed by atoms with Crippen molar-refractivity contribution in [3.8, 4) is 5.75 Å². The van der Waals surface area contributed by atoms with Gasteiger partial charge in [-0.2, -0.15) is 0 Å². The van der Waals surface area contributed by atoms with Gasteiger partial charge in [-0.05, 0) is 54.9 Å². The molecule has 4 unspecified atom stereocenters. The summed E-state index contributed by atoms with van der Waals surface area (Å²) in [5, 5.41) is 5.45. The van der Waals surface area contributed by atoms with Crippen LogP contribution in [0.15, 0.2) is 54.6 Å². The van der Waals surface area contributed by atoms with Crippen LogP contribution >= 0.6 is 0 Å². The highest BCUT2D eigenvalue weighted by molar-refractivity contribution is 5.93. The van der Waals surface area contributed by atoms with Gasteiger partial charge in [-0.1, -0.05) is 89.4 Å². The molecule has 274 valence electrons. The summed E-state index contributed by atoms with van der Waals surface area (Å²) in [6, 6.07) is 14.3. The van der Waals surface area contributed by atoms with E-state index in [1.54, 1.807) is 31.2 Å². The molecule has 0 spiro atoms. The Bertz CT molecular complexity index is 1390. The van der Waals surface area contributed by atoms with Gasteiger partial charge in [-0.15, -0.1) is 0 Å². The van der Waals surface area contributed by atoms with E-state index in [0.717, 1.165) is 36.8 Å². The molecule has 4 atom stereocenters. The molecule has 11 nitrogen and oxygen atoms in total. The lowest BCUT2D eigenvalue weighted by Gasteiger charge is -2.23. The summed E-state index contributed by atoms with van der Waals surface area (Å²) in [6.07, 6.45) is 4.47. The monoisotopic (exact) mass is 693 g/mol. The fourth-order valence-electron chi connectivity index (χ4n) is 5.41. The predicted octanol–water partition coefficient (Wildman–Crippen LogP) is 4.67. The van der Waals surface area contributed by atoms with Crippen molar-refractivity contribution in [3.63, 3.8) is 0 Å². The maximum atomic E-state index is 13.6. The van der Waals surface area contributed by atoms with Crippen molar-refractivity contribution in [1.29, 1.82) is 0 Å². The highest BCUT2D eigenvalue weighted by Gasteiger charge is 2.29. The first-order valence-electron chi connectivity index (χ1n) is 17.6. The molecule has 0 aliphatic rings. The van der Waals surface area contributed by atoms with Crippen molar-refractivity contribution in [2.75, 3.05) is 13.2 Å². The Morgan fingerprint density at radius 3 is 2.08 bits per heavy atom. The number of ether oxygens (including phenoxy) is 2. The summed E-state index contributed by atoms with van der Waals surface area (Å²) in [5.74, 6) is -3.52. The molecule has 0 bridgehead atoms. The minimum absolute atomic E-state index is 0.112. The van der Waals surface area contributed by atoms with Gasteiger partial charge in [0.15, 0.2) is 11.6 Å². The minimum Gasteiger partial charge on any atom is -0.464 e. The Morgan fingerprint density at radius 2 is 1.46 bits per heavy atom. The van der Waals surface area contributed by atoms with Crippen LogP contribution in [0, 0.1) is 17.8 Å². The summed E-state index contributed by atoms with van der Waals surface area (Å²) < 4.78 is 10.5. The molecule has 2 rings (SSSR count). The first-order chi connectivity index (χ1) is 23.8. The third-order valence-electron chi connectivity index (χ3n) is 8.19. The van der Waals surface area contributed by atoms with E-state index in [-0.39, 0.29) is 56.3 Å². The second-order valence-electron chi connectivity index (χ2n) is 13.4. The Kier molecular flexibility index (Phi) is 18.7. The topological polar surface area (TPSA) is 171 Å². The number of nitrogens with one attached hydrogen (secondary N) is 2. The summed E-state index contributed by atoms with van der Waals surface area (Å²) >= 11 is 0. The van der Waals surface area contributed by atoms with E-state index in [9.17, 15) is 28.8 Å². The molecule has 0 aliphatic carbocycles. The summed E-state index contributed by atoms with van der Waals surface area (Å²) in [5.41, 5.74) is 7.74. The van der Waals surface area contributed by atoms with Gasteiger partial charge in [0.2, 0.25) is 11.8 Å². The molecule has 4 N–H and O–H groups in total. The van der Waals surface area contributed by atoms with Gasteiger partial charge >= 0.3 is 11.9 Å². The van der Waals surface area contributed by atoms with E-state index in [1.807, 2.05) is 44.2 Å². The zero-order chi connectivity index (χ0) is 37.1. The number of hydrogen-bond donors (Lipinski definition) is 3. The standard InChI is InChI=1S/C39H55N3O8/c1-6-7-8-12-19-49-39(48)35(20-26(2)3)42-38(47)31(22-29-13-10-9-11-14-29)24-32(44)25-41-37(46)27(4)21-36(45)34(40)23-30-15-17-33(18-16-30)50-28(5)43/h9-11,13-18,26-27,31,34-35H,6-8,12,19-25,40H2,1-5H3,(H,41,46)(H,42,47). The molecule has 0 radical (unpaired) electrons. The normalized spacial score (nSPS) is 13.4. The second-order valence-corrected chi connectivity index (χ2v) is 13.4. The van der Waals surface area contributed by atoms with Crippen molar-refractivity contribution in [2.24, 2.45) is 23.5 Å². The Morgan fingerprint density at radius 1 is 0.800 bits per heavy atom. The molecule has 0 aromatic heterocycles. The molecule has 0 fully saturated rings. The van der Waals surface area contributed by atoms with E-state index in [2.05, 4.69) is 17.6 Å². The molecule has 11 heteroatoms. The molecular formula is C39H55N3O8. The zero-order valence-corrected chi connectivity index (χ0v) is 30.2. The summed E-state index contributed by atoms with van der Waals surface area (Å²) in [4.78, 5) is 76.4. The van der Waals surface area contributed by atoms with Crippen LogP contribution < -0.4 is 21.1 Å². The molecular weight excluding hydrogens is 638 g/mol. The minimum atomic E-state index is -0.846. The van der Waals surface area contributed by atoms with Gasteiger partial charge in [0.05, 0.1) is 19.2 Å². The van der Waals surface area contributed by atoms with Crippen LogP contribution in [0.2, 0.25) is 0 Å². The number of rotatable bonds is 23. The van der Waals surface area contributed by atoms with Crippen molar-refractivity contribution in [1.82, 2.24) is 10.6 Å². The second kappa shape index (κ2) is 22.4. The van der Waals surface area contributed by atoms with E-state index in [4.69, 9.17) is 15.2 Å². The fourth-order valence-corrected chi connectivity index (χ4v) is 5.41. The number of carbonyl (C=O) groups excluding carboxylic acids is 6. The molecule has 2 aromatic rings. The summed E-state index contributed by atoms with van der Waals surface area (Å²) in [7, 11) is 0. The van der Waals surface area contributed by atoms with E-state index >= 15 is 0 Å². The van der Waals surface area contributed by atoms with Gasteiger partial charge in [0.1, 0.15) is 11.8 Å². The van der Waals surface area contributed by atoms with Crippen LogP contribution in [0.1, 0.15) is 90.7 Å². The van der Waals surface area contributed by atoms with Crippen molar-refractivity contribution < 1.29 is 38.2 Å². The summed E-state index contributed by atoms with van der Waals surface area (Å²) in [6.45, 7) is 8.88. The number of amides is 2. The number of Topliss-reactive ketones (excluding diaryl/α,β-unsaturated/α-hetero) is 2. The third kappa shape index (κ3) is 16.3. The zero-order valence-electron chi connectivity index (χ0n) is 30.2. The number of unbranched alkanes of at least 4 members (excludes halogenated alkanes) is 3. The smallest absolute Gasteiger partial charge is 0.328 e. The average molecular weight is 694 g/mol. The number of nitrogens with two attached hydrogens (primary N) is 1. The Hall–Kier alpha value is -4.38. The van der Waals surface area contributed by atoms with Crippen LogP contribution in [-0.2, 0) is 46.3 Å². The maximum Gasteiger partial charge on any atom is 0.328 e. The predicted molar refractivity (Wildman–Crippen MR) is 191 cm³/mol. The van der Waals surface area contributed by atoms with E-state index in [0.29, 0.717) is 12.2 Å². The van der Waals surface area contributed by atoms with Crippen LogP contribution in [0.4, 0.5) is 0 Å². The number of esters is 2. The molecule has 2 aromatic carbocycles. The van der Waals surface area contributed by atoms with Crippen molar-refractivity contribution in [3.05, 3.63) is 65.7 Å². The van der Waals surface area contributed by atoms with Crippen LogP contribution in [0.3, 0.4) is 0 Å². The molecule has 0 heterocycles. The van der Waals surface area contributed by atoms with E-state index < -0.39 is 47.7 Å². The fraction of sp³-hybridized carbons (Fsp3) is 0.538. The lowest BCUT2D eigenvalue weighted by Crippen LogP contribution is -2.46. The van der Waals surface area contributed by atoms with Crippen molar-refractivity contribution in [2.45, 2.75) is 104 Å². The van der Waals surface area contributed by atoms with Gasteiger partial charge < -0.3 is 25.8 Å². The highest BCUT2D eigenvalue weighted by Crippen LogP contribution is 2.17.